The Morgan fingerprint density at radius 2 is 2.07 bits per heavy atom. The van der Waals surface area contributed by atoms with Gasteiger partial charge in [-0.25, -0.2) is 0 Å². The predicted octanol–water partition coefficient (Wildman–Crippen LogP) is 3.34. The van der Waals surface area contributed by atoms with Crippen molar-refractivity contribution in [2.75, 3.05) is 19.5 Å². The maximum atomic E-state index is 12.7. The molecule has 0 saturated heterocycles. The number of ether oxygens (including phenoxy) is 2. The minimum Gasteiger partial charge on any atom is -0.497 e. The van der Waals surface area contributed by atoms with Crippen LogP contribution < -0.4 is 20.3 Å². The van der Waals surface area contributed by atoms with Gasteiger partial charge in [0, 0.05) is 10.9 Å². The van der Waals surface area contributed by atoms with Crippen LogP contribution in [0.3, 0.4) is 0 Å². The van der Waals surface area contributed by atoms with Gasteiger partial charge in [0.15, 0.2) is 4.77 Å². The minimum atomic E-state index is -0.395. The fraction of sp³-hybridized carbons (Fsp3) is 0.278. The lowest BCUT2D eigenvalue weighted by Gasteiger charge is -2.12. The summed E-state index contributed by atoms with van der Waals surface area (Å²) in [5, 5.41) is 3.28. The van der Waals surface area contributed by atoms with Crippen LogP contribution in [0.25, 0.3) is 10.2 Å². The number of hydrogen-bond acceptors (Lipinski definition) is 6. The molecule has 0 aliphatic carbocycles. The van der Waals surface area contributed by atoms with Gasteiger partial charge in [-0.2, -0.15) is 0 Å². The number of amides is 1. The maximum absolute atomic E-state index is 12.7. The topological polar surface area (TPSA) is 85.3 Å². The number of aromatic nitrogens is 2. The zero-order valence-corrected chi connectivity index (χ0v) is 16.8. The minimum absolute atomic E-state index is 0.207. The molecule has 9 heteroatoms. The number of nitrogens with one attached hydrogen (secondary N) is 2. The SMILES string of the molecule is CCc1cc2c(=O)n(CC(=O)Nc3cc(OC)ccc3OC)c(=S)[nH]c2s1. The molecular formula is C18H19N3O4S2. The van der Waals surface area contributed by atoms with Crippen molar-refractivity contribution in [3.8, 4) is 11.5 Å². The number of benzene rings is 1. The summed E-state index contributed by atoms with van der Waals surface area (Å²) in [6, 6.07) is 6.91. The molecule has 0 bridgehead atoms. The van der Waals surface area contributed by atoms with Crippen molar-refractivity contribution in [2.45, 2.75) is 19.9 Å². The Hall–Kier alpha value is -2.65. The maximum Gasteiger partial charge on any atom is 0.263 e. The third-order valence-corrected chi connectivity index (χ3v) is 5.57. The number of methoxy groups -OCH3 is 2. The second-order valence-electron chi connectivity index (χ2n) is 5.74. The fourth-order valence-electron chi connectivity index (χ4n) is 2.66. The highest BCUT2D eigenvalue weighted by Crippen LogP contribution is 2.29. The average Bonchev–Trinajstić information content (AvgIpc) is 3.08. The molecule has 1 aromatic carbocycles. The monoisotopic (exact) mass is 405 g/mol. The molecule has 0 unspecified atom stereocenters. The molecule has 3 rings (SSSR count). The van der Waals surface area contributed by atoms with Crippen molar-refractivity contribution in [2.24, 2.45) is 0 Å². The van der Waals surface area contributed by atoms with Gasteiger partial charge in [0.05, 0.1) is 25.3 Å². The van der Waals surface area contributed by atoms with Crippen LogP contribution in [0.5, 0.6) is 11.5 Å². The molecule has 0 saturated carbocycles. The second-order valence-corrected chi connectivity index (χ2v) is 7.27. The van der Waals surface area contributed by atoms with Crippen LogP contribution in [0.2, 0.25) is 0 Å². The zero-order valence-electron chi connectivity index (χ0n) is 15.1. The number of carbonyl (C=O) groups excluding carboxylic acids is 1. The summed E-state index contributed by atoms with van der Waals surface area (Å²) in [6.45, 7) is 1.81. The molecule has 27 heavy (non-hydrogen) atoms. The molecule has 1 amide bonds. The Morgan fingerprint density at radius 3 is 2.74 bits per heavy atom. The van der Waals surface area contributed by atoms with Gasteiger partial charge in [-0.1, -0.05) is 6.92 Å². The van der Waals surface area contributed by atoms with Gasteiger partial charge < -0.3 is 19.8 Å². The van der Waals surface area contributed by atoms with Crippen LogP contribution >= 0.6 is 23.6 Å². The van der Waals surface area contributed by atoms with E-state index < -0.39 is 5.91 Å². The number of nitrogens with zero attached hydrogens (tertiary/aromatic N) is 1. The standard InChI is InChI=1S/C18H19N3O4S2/c1-4-11-8-12-16(27-11)20-18(26)21(17(12)23)9-15(22)19-13-7-10(24-2)5-6-14(13)25-3/h5-8H,4,9H2,1-3H3,(H,19,22)(H,20,26). The zero-order chi connectivity index (χ0) is 19.6. The lowest BCUT2D eigenvalue weighted by atomic mass is 10.2. The van der Waals surface area contributed by atoms with E-state index in [4.69, 9.17) is 21.7 Å². The van der Waals surface area contributed by atoms with Crippen molar-refractivity contribution in [3.05, 3.63) is 44.3 Å². The molecule has 0 atom stereocenters. The van der Waals surface area contributed by atoms with E-state index in [2.05, 4.69) is 10.3 Å². The third kappa shape index (κ3) is 3.88. The number of thiophene rings is 1. The van der Waals surface area contributed by atoms with Crippen LogP contribution in [0.15, 0.2) is 29.1 Å². The Balaban J connectivity index is 1.91. The first-order chi connectivity index (χ1) is 13.0. The Bertz CT molecular complexity index is 1110. The van der Waals surface area contributed by atoms with Crippen molar-refractivity contribution < 1.29 is 14.3 Å². The largest absolute Gasteiger partial charge is 0.497 e. The van der Waals surface area contributed by atoms with E-state index in [1.807, 2.05) is 13.0 Å². The molecule has 0 spiro atoms. The van der Waals surface area contributed by atoms with Gasteiger partial charge >= 0.3 is 0 Å². The molecule has 2 N–H and O–H groups in total. The number of aryl methyl sites for hydroxylation is 1. The van der Waals surface area contributed by atoms with Gasteiger partial charge in [0.1, 0.15) is 22.9 Å². The number of aromatic amines is 1. The van der Waals surface area contributed by atoms with Crippen LogP contribution in [0, 0.1) is 4.77 Å². The third-order valence-electron chi connectivity index (χ3n) is 4.06. The second kappa shape index (κ2) is 7.93. The number of H-pyrrole nitrogens is 1. The molecule has 0 aliphatic rings. The van der Waals surface area contributed by atoms with E-state index >= 15 is 0 Å². The average molecular weight is 406 g/mol. The van der Waals surface area contributed by atoms with Crippen molar-refractivity contribution in [3.63, 3.8) is 0 Å². The molecule has 0 aliphatic heterocycles. The number of fused-ring (bicyclic) bond motifs is 1. The molecule has 7 nitrogen and oxygen atoms in total. The molecule has 0 fully saturated rings. The van der Waals surface area contributed by atoms with E-state index in [0.717, 1.165) is 16.1 Å². The fourth-order valence-corrected chi connectivity index (χ4v) is 3.96. The molecule has 3 aromatic rings. The first-order valence-corrected chi connectivity index (χ1v) is 9.46. The Kier molecular flexibility index (Phi) is 5.62. The van der Waals surface area contributed by atoms with Gasteiger partial charge in [-0.15, -0.1) is 11.3 Å². The van der Waals surface area contributed by atoms with Crippen LogP contribution in [-0.4, -0.2) is 29.7 Å². The van der Waals surface area contributed by atoms with Crippen LogP contribution in [0.1, 0.15) is 11.8 Å². The number of rotatable bonds is 6. The molecule has 2 heterocycles. The molecular weight excluding hydrogens is 386 g/mol. The normalized spacial score (nSPS) is 10.8. The number of carbonyl (C=O) groups is 1. The van der Waals surface area contributed by atoms with E-state index in [9.17, 15) is 9.59 Å². The van der Waals surface area contributed by atoms with Crippen molar-refractivity contribution >= 4 is 45.4 Å². The van der Waals surface area contributed by atoms with E-state index in [1.54, 1.807) is 18.2 Å². The quantitative estimate of drug-likeness (QED) is 0.615. The highest BCUT2D eigenvalue weighted by Gasteiger charge is 2.14. The summed E-state index contributed by atoms with van der Waals surface area (Å²) in [7, 11) is 3.04. The molecule has 0 radical (unpaired) electrons. The van der Waals surface area contributed by atoms with Crippen LogP contribution in [0.4, 0.5) is 5.69 Å². The number of anilines is 1. The van der Waals surface area contributed by atoms with Gasteiger partial charge in [-0.05, 0) is 36.8 Å². The highest BCUT2D eigenvalue weighted by molar-refractivity contribution is 7.71. The summed E-state index contributed by atoms with van der Waals surface area (Å²) >= 11 is 6.77. The first-order valence-electron chi connectivity index (χ1n) is 8.24. The lowest BCUT2D eigenvalue weighted by molar-refractivity contribution is -0.116. The van der Waals surface area contributed by atoms with E-state index in [0.29, 0.717) is 22.6 Å². The summed E-state index contributed by atoms with van der Waals surface area (Å²) in [5.41, 5.74) is 0.173. The van der Waals surface area contributed by atoms with Gasteiger partial charge in [0.2, 0.25) is 5.91 Å². The lowest BCUT2D eigenvalue weighted by Crippen LogP contribution is -2.28. The Morgan fingerprint density at radius 1 is 1.30 bits per heavy atom. The van der Waals surface area contributed by atoms with Gasteiger partial charge in [-0.3, -0.25) is 14.2 Å². The van der Waals surface area contributed by atoms with E-state index in [-0.39, 0.29) is 16.9 Å². The molecule has 142 valence electrons. The first kappa shape index (κ1) is 19.1. The summed E-state index contributed by atoms with van der Waals surface area (Å²) in [5.74, 6) is 0.670. The van der Waals surface area contributed by atoms with E-state index in [1.165, 1.54) is 30.1 Å². The number of hydrogen-bond donors (Lipinski definition) is 2. The molecule has 2 aromatic heterocycles. The van der Waals surface area contributed by atoms with Gasteiger partial charge in [0.25, 0.3) is 5.56 Å². The summed E-state index contributed by atoms with van der Waals surface area (Å²) in [4.78, 5) is 30.1. The Labute approximate surface area is 164 Å². The van der Waals surface area contributed by atoms with Crippen molar-refractivity contribution in [1.29, 1.82) is 0 Å². The summed E-state index contributed by atoms with van der Waals surface area (Å²) < 4.78 is 11.9. The predicted molar refractivity (Wildman–Crippen MR) is 109 cm³/mol. The van der Waals surface area contributed by atoms with Crippen molar-refractivity contribution in [1.82, 2.24) is 9.55 Å². The highest BCUT2D eigenvalue weighted by atomic mass is 32.1. The van der Waals surface area contributed by atoms with Crippen LogP contribution in [-0.2, 0) is 17.8 Å². The summed E-state index contributed by atoms with van der Waals surface area (Å²) in [6.07, 6.45) is 0.829. The smallest absolute Gasteiger partial charge is 0.263 e.